The van der Waals surface area contributed by atoms with Crippen molar-refractivity contribution in [2.24, 2.45) is 0 Å². The van der Waals surface area contributed by atoms with Gasteiger partial charge >= 0.3 is 0 Å². The van der Waals surface area contributed by atoms with Gasteiger partial charge in [0, 0.05) is 0 Å². The monoisotopic (exact) mass is 421 g/mol. The highest BCUT2D eigenvalue weighted by atomic mass is 127. The Morgan fingerprint density at radius 1 is 1.19 bits per heavy atom. The number of nitrogens with zero attached hydrogens (tertiary/aromatic N) is 1. The quantitative estimate of drug-likeness (QED) is 0.230. The Morgan fingerprint density at radius 3 is 2.24 bits per heavy atom. The van der Waals surface area contributed by atoms with Gasteiger partial charge in [-0.15, -0.1) is 6.42 Å². The zero-order valence-corrected chi connectivity index (χ0v) is 16.4. The Balaban J connectivity index is 0.00000400. The van der Waals surface area contributed by atoms with E-state index in [4.69, 9.17) is 6.42 Å². The summed E-state index contributed by atoms with van der Waals surface area (Å²) >= 11 is 2.64. The predicted octanol–water partition coefficient (Wildman–Crippen LogP) is 1.73. The second-order valence-electron chi connectivity index (χ2n) is 6.04. The van der Waals surface area contributed by atoms with Crippen LogP contribution in [0.3, 0.4) is 0 Å². The van der Waals surface area contributed by atoms with E-state index in [-0.39, 0.29) is 15.8 Å². The minimum Gasteiger partial charge on any atom is -1.00 e. The Bertz CT molecular complexity index is 375. The van der Waals surface area contributed by atoms with Crippen LogP contribution in [0.2, 0.25) is 0 Å². The van der Waals surface area contributed by atoms with Crippen molar-refractivity contribution in [2.45, 2.75) is 49.4 Å². The number of halogens is 2. The summed E-state index contributed by atoms with van der Waals surface area (Å²) in [4.78, 5) is 0. The van der Waals surface area contributed by atoms with Crippen LogP contribution in [-0.2, 0) is 0 Å². The summed E-state index contributed by atoms with van der Waals surface area (Å²) in [7, 11) is 0. The lowest BCUT2D eigenvalue weighted by Crippen LogP contribution is -3.00. The second-order valence-corrected chi connectivity index (χ2v) is 8.19. The molecule has 21 heavy (non-hydrogen) atoms. The number of hydrogen-bond donors (Lipinski definition) is 0. The Hall–Kier alpha value is 0.0200. The van der Waals surface area contributed by atoms with Crippen molar-refractivity contribution in [3.05, 3.63) is 24.3 Å². The molecule has 1 aliphatic carbocycles. The zero-order valence-electron chi connectivity index (χ0n) is 13.5. The summed E-state index contributed by atoms with van der Waals surface area (Å²) in [5, 5.41) is 0. The molecular weight excluding hydrogens is 393 g/mol. The Kier molecular flexibility index (Phi) is 10.7. The van der Waals surface area contributed by atoms with Gasteiger partial charge in [0.05, 0.1) is 23.1 Å². The highest BCUT2D eigenvalue weighted by Gasteiger charge is 2.36. The summed E-state index contributed by atoms with van der Waals surface area (Å²) in [6.45, 7) is 9.04. The first-order chi connectivity index (χ1) is 9.60. The average molecular weight is 422 g/mol. The van der Waals surface area contributed by atoms with Crippen LogP contribution in [0, 0.1) is 12.3 Å². The van der Waals surface area contributed by atoms with Crippen molar-refractivity contribution in [1.29, 1.82) is 0 Å². The van der Waals surface area contributed by atoms with Gasteiger partial charge < -0.3 is 16.9 Å². The lowest BCUT2D eigenvalue weighted by molar-refractivity contribution is -0.922. The van der Waals surface area contributed by atoms with Crippen molar-refractivity contribution in [1.82, 2.24) is 0 Å². The summed E-state index contributed by atoms with van der Waals surface area (Å²) in [5.74, 6) is 2.96. The maximum Gasteiger partial charge on any atom is 0.140 e. The van der Waals surface area contributed by atoms with Crippen LogP contribution < -0.4 is 12.4 Å². The van der Waals surface area contributed by atoms with E-state index in [0.717, 1.165) is 17.4 Å². The van der Waals surface area contributed by atoms with Crippen molar-refractivity contribution >= 4 is 22.6 Å². The smallest absolute Gasteiger partial charge is 0.140 e. The molecule has 1 aliphatic rings. The van der Waals surface area contributed by atoms with Crippen LogP contribution in [0.15, 0.2) is 24.3 Å². The summed E-state index contributed by atoms with van der Waals surface area (Å²) in [5.41, 5.74) is 0. The van der Waals surface area contributed by atoms with E-state index in [0.29, 0.717) is 0 Å². The van der Waals surface area contributed by atoms with Crippen LogP contribution in [0.1, 0.15) is 46.0 Å². The number of rotatable bonds is 9. The number of unbranched alkanes of at least 4 members (excludes halogenated alkanes) is 2. The van der Waals surface area contributed by atoms with Crippen molar-refractivity contribution in [3.63, 3.8) is 0 Å². The van der Waals surface area contributed by atoms with Crippen LogP contribution in [0.5, 0.6) is 0 Å². The van der Waals surface area contributed by atoms with Gasteiger partial charge in [0.25, 0.3) is 0 Å². The van der Waals surface area contributed by atoms with E-state index in [1.807, 2.05) is 0 Å². The third-order valence-corrected chi connectivity index (χ3v) is 5.24. The molecule has 3 heteroatoms. The Labute approximate surface area is 151 Å². The maximum atomic E-state index is 5.71. The molecule has 1 atom stereocenters. The molecule has 120 valence electrons. The highest BCUT2D eigenvalue weighted by molar-refractivity contribution is 14.1. The van der Waals surface area contributed by atoms with E-state index < -0.39 is 0 Å². The van der Waals surface area contributed by atoms with Crippen LogP contribution in [0.4, 0.5) is 0 Å². The third-order valence-electron chi connectivity index (χ3n) is 4.10. The molecule has 0 bridgehead atoms. The number of hydrogen-bond acceptors (Lipinski definition) is 0. The molecular formula is C18H29ClIN. The number of allylic oxidation sites excluding steroid dienone is 3. The van der Waals surface area contributed by atoms with E-state index >= 15 is 0 Å². The number of quaternary nitrogens is 1. The van der Waals surface area contributed by atoms with Crippen LogP contribution >= 0.6 is 22.6 Å². The summed E-state index contributed by atoms with van der Waals surface area (Å²) in [6, 6.07) is 0. The molecule has 0 aliphatic heterocycles. The average Bonchev–Trinajstić information content (AvgIpc) is 2.43. The first-order valence-electron chi connectivity index (χ1n) is 7.91. The maximum absolute atomic E-state index is 5.71. The molecule has 0 heterocycles. The van der Waals surface area contributed by atoms with E-state index in [1.54, 1.807) is 0 Å². The molecule has 1 rings (SSSR count). The molecule has 0 aromatic heterocycles. The SMILES string of the molecule is C#CC[N+](CCCC)(CCCC)CC1(I)C=CC=CC1.[Cl-]. The molecule has 0 aromatic carbocycles. The van der Waals surface area contributed by atoms with Crippen molar-refractivity contribution in [3.8, 4) is 12.3 Å². The predicted molar refractivity (Wildman–Crippen MR) is 98.0 cm³/mol. The molecule has 0 saturated carbocycles. The molecule has 0 radical (unpaired) electrons. The molecule has 0 amide bonds. The topological polar surface area (TPSA) is 0 Å². The molecule has 0 fully saturated rings. The summed E-state index contributed by atoms with van der Waals surface area (Å²) in [6.07, 6.45) is 20.9. The van der Waals surface area contributed by atoms with E-state index in [2.05, 4.69) is 66.7 Å². The zero-order chi connectivity index (χ0) is 14.9. The first-order valence-corrected chi connectivity index (χ1v) is 8.99. The molecule has 0 spiro atoms. The van der Waals surface area contributed by atoms with Gasteiger partial charge in [-0.1, -0.05) is 73.6 Å². The van der Waals surface area contributed by atoms with Gasteiger partial charge in [0.2, 0.25) is 0 Å². The fourth-order valence-electron chi connectivity index (χ4n) is 2.98. The largest absolute Gasteiger partial charge is 1.00 e. The lowest BCUT2D eigenvalue weighted by atomic mass is 9.98. The second kappa shape index (κ2) is 10.7. The van der Waals surface area contributed by atoms with Gasteiger partial charge in [-0.05, 0) is 25.2 Å². The van der Waals surface area contributed by atoms with Gasteiger partial charge in [-0.25, -0.2) is 0 Å². The van der Waals surface area contributed by atoms with Crippen molar-refractivity contribution < 1.29 is 16.9 Å². The minimum atomic E-state index is 0. The van der Waals surface area contributed by atoms with Crippen LogP contribution in [0.25, 0.3) is 0 Å². The standard InChI is InChI=1S/C18H29IN.ClH/c1-4-7-15-20(14-6-3,16-8-5-2)17-18(19)12-10-9-11-13-18;/h3,9-12H,4-5,7-8,13-17H2,1-2H3;1H/q+1;/p-1. The van der Waals surface area contributed by atoms with E-state index in [1.165, 1.54) is 45.3 Å². The first kappa shape index (κ1) is 21.0. The van der Waals surface area contributed by atoms with Gasteiger partial charge in [-0.3, -0.25) is 0 Å². The molecule has 0 saturated heterocycles. The van der Waals surface area contributed by atoms with Crippen LogP contribution in [-0.4, -0.2) is 34.1 Å². The van der Waals surface area contributed by atoms with Crippen molar-refractivity contribution in [2.75, 3.05) is 26.2 Å². The Morgan fingerprint density at radius 2 is 1.81 bits per heavy atom. The molecule has 1 nitrogen and oxygen atoms in total. The van der Waals surface area contributed by atoms with E-state index in [9.17, 15) is 0 Å². The molecule has 0 aromatic rings. The van der Waals surface area contributed by atoms with Gasteiger partial charge in [0.1, 0.15) is 6.54 Å². The third kappa shape index (κ3) is 7.21. The number of terminal acetylenes is 1. The minimum absolute atomic E-state index is 0. The molecule has 0 N–H and O–H groups in total. The fraction of sp³-hybridized carbons (Fsp3) is 0.667. The summed E-state index contributed by atoms with van der Waals surface area (Å²) < 4.78 is 1.34. The lowest BCUT2D eigenvalue weighted by Gasteiger charge is -2.42. The fourth-order valence-corrected chi connectivity index (χ4v) is 4.16. The van der Waals surface area contributed by atoms with Gasteiger partial charge in [-0.2, -0.15) is 0 Å². The highest BCUT2D eigenvalue weighted by Crippen LogP contribution is 2.32. The molecule has 1 unspecified atom stereocenters. The van der Waals surface area contributed by atoms with Gasteiger partial charge in [0.15, 0.2) is 0 Å². The number of alkyl halides is 1. The normalized spacial score (nSPS) is 20.9.